The normalized spacial score (nSPS) is 27.4. The Hall–Kier alpha value is -2.16. The van der Waals surface area contributed by atoms with Gasteiger partial charge in [-0.05, 0) is 32.6 Å². The van der Waals surface area contributed by atoms with Crippen molar-refractivity contribution < 1.29 is 9.66 Å². The predicted molar refractivity (Wildman–Crippen MR) is 95.9 cm³/mol. The third kappa shape index (κ3) is 3.76. The number of ether oxygens (including phenoxy) is 1. The largest absolute Gasteiger partial charge is 0.378 e. The maximum atomic E-state index is 11.6. The van der Waals surface area contributed by atoms with Gasteiger partial charge in [0.05, 0.1) is 17.1 Å². The molecule has 25 heavy (non-hydrogen) atoms. The standard InChI is InChI=1S/C16H26N6O3/c1-10-5-4-6-20(7-10)16-18-14(17)13(22(23)24)15(19-16)21-8-11(2)25-12(3)9-21/h10-12H,4-9H2,1-3H3,(H2,17,18,19)/t10-,11-,12+/m0/s1. The average molecular weight is 350 g/mol. The number of morpholine rings is 1. The number of piperidine rings is 1. The molecule has 3 atom stereocenters. The molecule has 3 rings (SSSR count). The van der Waals surface area contributed by atoms with Gasteiger partial charge in [-0.2, -0.15) is 9.97 Å². The van der Waals surface area contributed by atoms with Crippen molar-refractivity contribution in [2.45, 2.75) is 45.8 Å². The highest BCUT2D eigenvalue weighted by molar-refractivity contribution is 5.71. The molecule has 3 heterocycles. The molecular formula is C16H26N6O3. The van der Waals surface area contributed by atoms with Crippen LogP contribution in [-0.4, -0.2) is 53.3 Å². The third-order valence-corrected chi connectivity index (χ3v) is 4.72. The predicted octanol–water partition coefficient (Wildman–Crippen LogP) is 1.82. The molecule has 0 saturated carbocycles. The average Bonchev–Trinajstić information content (AvgIpc) is 2.52. The van der Waals surface area contributed by atoms with Crippen LogP contribution in [0, 0.1) is 16.0 Å². The van der Waals surface area contributed by atoms with Crippen LogP contribution in [-0.2, 0) is 4.74 Å². The number of aromatic nitrogens is 2. The maximum Gasteiger partial charge on any atom is 0.353 e. The van der Waals surface area contributed by atoms with Crippen LogP contribution in [0.5, 0.6) is 0 Å². The van der Waals surface area contributed by atoms with Crippen molar-refractivity contribution in [2.24, 2.45) is 5.92 Å². The number of nitrogens with two attached hydrogens (primary N) is 1. The molecule has 1 aromatic rings. The van der Waals surface area contributed by atoms with E-state index in [1.54, 1.807) is 0 Å². The summed E-state index contributed by atoms with van der Waals surface area (Å²) >= 11 is 0. The van der Waals surface area contributed by atoms with Gasteiger partial charge in [-0.3, -0.25) is 10.1 Å². The van der Waals surface area contributed by atoms with Gasteiger partial charge in [-0.25, -0.2) is 0 Å². The van der Waals surface area contributed by atoms with E-state index in [2.05, 4.69) is 21.8 Å². The van der Waals surface area contributed by atoms with Crippen LogP contribution in [0.4, 0.5) is 23.3 Å². The Morgan fingerprint density at radius 2 is 1.84 bits per heavy atom. The van der Waals surface area contributed by atoms with Crippen molar-refractivity contribution in [3.63, 3.8) is 0 Å². The summed E-state index contributed by atoms with van der Waals surface area (Å²) in [7, 11) is 0. The van der Waals surface area contributed by atoms with E-state index in [0.717, 1.165) is 19.5 Å². The molecule has 9 heteroatoms. The van der Waals surface area contributed by atoms with E-state index in [1.165, 1.54) is 6.42 Å². The fourth-order valence-electron chi connectivity index (χ4n) is 3.71. The molecule has 1 aromatic heterocycles. The highest BCUT2D eigenvalue weighted by Crippen LogP contribution is 2.35. The first-order chi connectivity index (χ1) is 11.8. The second-order valence-corrected chi connectivity index (χ2v) is 7.19. The molecule has 0 bridgehead atoms. The second-order valence-electron chi connectivity index (χ2n) is 7.19. The van der Waals surface area contributed by atoms with Crippen LogP contribution < -0.4 is 15.5 Å². The number of anilines is 3. The molecular weight excluding hydrogens is 324 g/mol. The summed E-state index contributed by atoms with van der Waals surface area (Å²) in [6.07, 6.45) is 2.17. The van der Waals surface area contributed by atoms with Crippen molar-refractivity contribution in [3.8, 4) is 0 Å². The van der Waals surface area contributed by atoms with Crippen LogP contribution >= 0.6 is 0 Å². The number of hydrogen-bond acceptors (Lipinski definition) is 8. The Labute approximate surface area is 147 Å². The number of hydrogen-bond donors (Lipinski definition) is 1. The van der Waals surface area contributed by atoms with Crippen molar-refractivity contribution in [1.29, 1.82) is 0 Å². The Morgan fingerprint density at radius 3 is 2.44 bits per heavy atom. The highest BCUT2D eigenvalue weighted by Gasteiger charge is 2.33. The van der Waals surface area contributed by atoms with Gasteiger partial charge in [0.15, 0.2) is 0 Å². The number of nitrogen functional groups attached to an aromatic ring is 1. The van der Waals surface area contributed by atoms with Gasteiger partial charge in [-0.1, -0.05) is 6.92 Å². The Morgan fingerprint density at radius 1 is 1.16 bits per heavy atom. The highest BCUT2D eigenvalue weighted by atomic mass is 16.6. The minimum absolute atomic E-state index is 0.0296. The third-order valence-electron chi connectivity index (χ3n) is 4.72. The van der Waals surface area contributed by atoms with Crippen molar-refractivity contribution in [2.75, 3.05) is 41.7 Å². The fourth-order valence-corrected chi connectivity index (χ4v) is 3.71. The fraction of sp³-hybridized carbons (Fsp3) is 0.750. The van der Waals surface area contributed by atoms with Crippen molar-refractivity contribution in [1.82, 2.24) is 9.97 Å². The Balaban J connectivity index is 2.00. The van der Waals surface area contributed by atoms with Gasteiger partial charge in [0.1, 0.15) is 0 Å². The lowest BCUT2D eigenvalue weighted by Crippen LogP contribution is -2.46. The molecule has 2 saturated heterocycles. The summed E-state index contributed by atoms with van der Waals surface area (Å²) in [6.45, 7) is 8.85. The molecule has 138 valence electrons. The molecule has 0 spiro atoms. The van der Waals surface area contributed by atoms with Crippen molar-refractivity contribution in [3.05, 3.63) is 10.1 Å². The first kappa shape index (κ1) is 17.7. The van der Waals surface area contributed by atoms with Gasteiger partial charge in [-0.15, -0.1) is 0 Å². The smallest absolute Gasteiger partial charge is 0.353 e. The van der Waals surface area contributed by atoms with Gasteiger partial charge >= 0.3 is 5.69 Å². The first-order valence-corrected chi connectivity index (χ1v) is 8.82. The summed E-state index contributed by atoms with van der Waals surface area (Å²) in [5.41, 5.74) is 5.75. The van der Waals surface area contributed by atoms with Gasteiger partial charge in [0, 0.05) is 26.2 Å². The lowest BCUT2D eigenvalue weighted by molar-refractivity contribution is -0.383. The van der Waals surface area contributed by atoms with Crippen LogP contribution in [0.2, 0.25) is 0 Å². The lowest BCUT2D eigenvalue weighted by atomic mass is 10.0. The molecule has 0 amide bonds. The lowest BCUT2D eigenvalue weighted by Gasteiger charge is -2.36. The quantitative estimate of drug-likeness (QED) is 0.649. The van der Waals surface area contributed by atoms with Crippen LogP contribution in [0.3, 0.4) is 0 Å². The van der Waals surface area contributed by atoms with Gasteiger partial charge in [0.2, 0.25) is 17.6 Å². The summed E-state index contributed by atoms with van der Waals surface area (Å²) in [5.74, 6) is 1.25. The van der Waals surface area contributed by atoms with E-state index in [-0.39, 0.29) is 23.7 Å². The first-order valence-electron chi connectivity index (χ1n) is 8.82. The Kier molecular flexibility index (Phi) is 4.94. The van der Waals surface area contributed by atoms with E-state index in [9.17, 15) is 10.1 Å². The van der Waals surface area contributed by atoms with E-state index in [0.29, 0.717) is 30.8 Å². The SMILES string of the molecule is C[C@H]1CCCN(c2nc(N)c([N+](=O)[O-])c(N3C[C@@H](C)O[C@@H](C)C3)n2)C1. The molecule has 0 radical (unpaired) electrons. The molecule has 0 unspecified atom stereocenters. The van der Waals surface area contributed by atoms with Crippen LogP contribution in [0.15, 0.2) is 0 Å². The molecule has 9 nitrogen and oxygen atoms in total. The zero-order valence-electron chi connectivity index (χ0n) is 15.0. The number of nitrogens with zero attached hydrogens (tertiary/aromatic N) is 5. The minimum Gasteiger partial charge on any atom is -0.378 e. The molecule has 0 aromatic carbocycles. The van der Waals surface area contributed by atoms with Gasteiger partial charge < -0.3 is 20.3 Å². The topological polar surface area (TPSA) is 111 Å². The zero-order valence-corrected chi connectivity index (χ0v) is 15.0. The summed E-state index contributed by atoms with van der Waals surface area (Å²) < 4.78 is 5.73. The summed E-state index contributed by atoms with van der Waals surface area (Å²) in [4.78, 5) is 23.9. The van der Waals surface area contributed by atoms with Crippen LogP contribution in [0.25, 0.3) is 0 Å². The maximum absolute atomic E-state index is 11.6. The van der Waals surface area contributed by atoms with E-state index in [1.807, 2.05) is 18.7 Å². The molecule has 2 N–H and O–H groups in total. The second kappa shape index (κ2) is 6.99. The molecule has 0 aliphatic carbocycles. The van der Waals surface area contributed by atoms with Crippen LogP contribution in [0.1, 0.15) is 33.6 Å². The molecule has 2 aliphatic heterocycles. The monoisotopic (exact) mass is 350 g/mol. The summed E-state index contributed by atoms with van der Waals surface area (Å²) in [5, 5.41) is 11.6. The zero-order chi connectivity index (χ0) is 18.1. The van der Waals surface area contributed by atoms with Gasteiger partial charge in [0.25, 0.3) is 0 Å². The van der Waals surface area contributed by atoms with E-state index in [4.69, 9.17) is 10.5 Å². The molecule has 2 aliphatic rings. The number of nitro groups is 1. The van der Waals surface area contributed by atoms with Crippen molar-refractivity contribution >= 4 is 23.3 Å². The van der Waals surface area contributed by atoms with E-state index >= 15 is 0 Å². The number of rotatable bonds is 3. The molecule has 2 fully saturated rings. The Bertz CT molecular complexity index is 645. The summed E-state index contributed by atoms with van der Waals surface area (Å²) in [6, 6.07) is 0. The van der Waals surface area contributed by atoms with E-state index < -0.39 is 4.92 Å². The minimum atomic E-state index is -0.488.